The lowest BCUT2D eigenvalue weighted by atomic mass is 10.2. The van der Waals surface area contributed by atoms with Crippen molar-refractivity contribution in [2.75, 3.05) is 6.61 Å². The fourth-order valence-corrected chi connectivity index (χ4v) is 4.28. The molecule has 17 heavy (non-hydrogen) atoms. The average Bonchev–Trinajstić information content (AvgIpc) is 2.88. The molecule has 0 saturated carbocycles. The number of sulfonamides is 1. The quantitative estimate of drug-likeness (QED) is 0.849. The van der Waals surface area contributed by atoms with E-state index in [1.54, 1.807) is 5.38 Å². The normalized spacial score (nSPS) is 25.3. The number of hydrogen-bond acceptors (Lipinski definition) is 5. The summed E-state index contributed by atoms with van der Waals surface area (Å²) in [7, 11) is -3.49. The second-order valence-corrected chi connectivity index (χ2v) is 6.88. The molecule has 0 amide bonds. The van der Waals surface area contributed by atoms with E-state index in [0.29, 0.717) is 18.6 Å². The van der Waals surface area contributed by atoms with E-state index in [0.717, 1.165) is 11.3 Å². The fraction of sp³-hybridized carbons (Fsp3) is 0.600. The number of rotatable bonds is 4. The lowest BCUT2D eigenvalue weighted by Gasteiger charge is -2.15. The molecule has 0 radical (unpaired) electrons. The minimum Gasteiger partial charge on any atom is -0.392 e. The van der Waals surface area contributed by atoms with Crippen LogP contribution in [0.1, 0.15) is 18.9 Å². The molecular formula is C10H15NO4S2. The van der Waals surface area contributed by atoms with E-state index in [9.17, 15) is 8.42 Å². The Balaban J connectivity index is 2.13. The summed E-state index contributed by atoms with van der Waals surface area (Å²) in [5.74, 6) is 0. The Labute approximate surface area is 104 Å². The summed E-state index contributed by atoms with van der Waals surface area (Å²) in [6.45, 7) is 2.30. The van der Waals surface area contributed by atoms with E-state index in [1.165, 1.54) is 6.07 Å². The third-order valence-corrected chi connectivity index (χ3v) is 5.74. The molecule has 0 spiro atoms. The van der Waals surface area contributed by atoms with Crippen LogP contribution >= 0.6 is 11.3 Å². The maximum atomic E-state index is 12.0. The van der Waals surface area contributed by atoms with Gasteiger partial charge in [-0.2, -0.15) is 0 Å². The first-order valence-corrected chi connectivity index (χ1v) is 7.71. The Hall–Kier alpha value is -0.470. The molecule has 1 aliphatic rings. The fourth-order valence-electron chi connectivity index (χ4n) is 1.72. The van der Waals surface area contributed by atoms with Gasteiger partial charge in [0.15, 0.2) is 0 Å². The molecule has 2 unspecified atom stereocenters. The van der Waals surface area contributed by atoms with Crippen molar-refractivity contribution in [2.24, 2.45) is 0 Å². The van der Waals surface area contributed by atoms with Gasteiger partial charge in [-0.25, -0.2) is 13.1 Å². The van der Waals surface area contributed by atoms with Crippen LogP contribution in [0.2, 0.25) is 0 Å². The topological polar surface area (TPSA) is 75.6 Å². The molecule has 0 aromatic carbocycles. The predicted octanol–water partition coefficient (Wildman–Crippen LogP) is 0.696. The Bertz CT molecular complexity index is 482. The number of aliphatic hydroxyl groups is 1. The molecular weight excluding hydrogens is 262 g/mol. The lowest BCUT2D eigenvalue weighted by molar-refractivity contribution is 0.117. The van der Waals surface area contributed by atoms with Gasteiger partial charge in [0.1, 0.15) is 4.21 Å². The zero-order valence-electron chi connectivity index (χ0n) is 9.42. The Morgan fingerprint density at radius 2 is 2.41 bits per heavy atom. The second kappa shape index (κ2) is 5.03. The molecule has 2 N–H and O–H groups in total. The van der Waals surface area contributed by atoms with Crippen molar-refractivity contribution in [2.45, 2.75) is 36.3 Å². The Morgan fingerprint density at radius 3 is 2.94 bits per heavy atom. The highest BCUT2D eigenvalue weighted by Gasteiger charge is 2.29. The van der Waals surface area contributed by atoms with Gasteiger partial charge < -0.3 is 9.84 Å². The van der Waals surface area contributed by atoms with Crippen LogP contribution in [0.4, 0.5) is 0 Å². The molecule has 1 aliphatic heterocycles. The Kier molecular flexibility index (Phi) is 3.84. The van der Waals surface area contributed by atoms with Gasteiger partial charge in [0.05, 0.1) is 18.8 Å². The second-order valence-electron chi connectivity index (χ2n) is 4.02. The van der Waals surface area contributed by atoms with E-state index in [4.69, 9.17) is 9.84 Å². The van der Waals surface area contributed by atoms with E-state index in [1.807, 2.05) is 6.92 Å². The number of aliphatic hydroxyl groups excluding tert-OH is 1. The van der Waals surface area contributed by atoms with Crippen molar-refractivity contribution in [3.63, 3.8) is 0 Å². The number of nitrogens with one attached hydrogen (secondary N) is 1. The summed E-state index contributed by atoms with van der Waals surface area (Å²) in [5.41, 5.74) is 0.617. The van der Waals surface area contributed by atoms with E-state index >= 15 is 0 Å². The first-order chi connectivity index (χ1) is 8.03. The highest BCUT2D eigenvalue weighted by Crippen LogP contribution is 2.22. The molecule has 96 valence electrons. The minimum absolute atomic E-state index is 0.0953. The standard InChI is InChI=1S/C10H15NO4S2/c1-7-9(2-3-15-7)11-17(13,14)10-4-8(5-12)6-16-10/h4,6-7,9,11-12H,2-3,5H2,1H3. The first kappa shape index (κ1) is 13.0. The van der Waals surface area contributed by atoms with E-state index in [2.05, 4.69) is 4.72 Å². The van der Waals surface area contributed by atoms with Gasteiger partial charge in [0.25, 0.3) is 0 Å². The van der Waals surface area contributed by atoms with Crippen LogP contribution in [0.15, 0.2) is 15.7 Å². The minimum atomic E-state index is -3.49. The molecule has 1 saturated heterocycles. The highest BCUT2D eigenvalue weighted by atomic mass is 32.2. The van der Waals surface area contributed by atoms with Crippen molar-refractivity contribution in [1.82, 2.24) is 4.72 Å². The third kappa shape index (κ3) is 2.86. The van der Waals surface area contributed by atoms with Gasteiger partial charge in [0, 0.05) is 6.61 Å². The summed E-state index contributed by atoms with van der Waals surface area (Å²) < 4.78 is 32.2. The van der Waals surface area contributed by atoms with Crippen LogP contribution < -0.4 is 4.72 Å². The predicted molar refractivity (Wildman–Crippen MR) is 64.4 cm³/mol. The molecule has 5 nitrogen and oxygen atoms in total. The summed E-state index contributed by atoms with van der Waals surface area (Å²) >= 11 is 1.11. The van der Waals surface area contributed by atoms with E-state index in [-0.39, 0.29) is 23.0 Å². The van der Waals surface area contributed by atoms with Gasteiger partial charge in [-0.1, -0.05) is 0 Å². The average molecular weight is 277 g/mol. The molecule has 0 aliphatic carbocycles. The lowest BCUT2D eigenvalue weighted by Crippen LogP contribution is -2.38. The monoisotopic (exact) mass is 277 g/mol. The maximum Gasteiger partial charge on any atom is 0.250 e. The van der Waals surface area contributed by atoms with Crippen LogP contribution in [0.5, 0.6) is 0 Å². The van der Waals surface area contributed by atoms with Gasteiger partial charge in [0.2, 0.25) is 10.0 Å². The smallest absolute Gasteiger partial charge is 0.250 e. The van der Waals surface area contributed by atoms with Crippen LogP contribution in [0.25, 0.3) is 0 Å². The third-order valence-electron chi connectivity index (χ3n) is 2.76. The molecule has 1 aromatic rings. The van der Waals surface area contributed by atoms with Gasteiger partial charge in [-0.3, -0.25) is 0 Å². The largest absolute Gasteiger partial charge is 0.392 e. The summed E-state index contributed by atoms with van der Waals surface area (Å²) in [6, 6.07) is 1.33. The number of thiophene rings is 1. The van der Waals surface area contributed by atoms with Crippen molar-refractivity contribution in [3.05, 3.63) is 17.0 Å². The van der Waals surface area contributed by atoms with Crippen molar-refractivity contribution in [3.8, 4) is 0 Å². The van der Waals surface area contributed by atoms with E-state index < -0.39 is 10.0 Å². The van der Waals surface area contributed by atoms with Crippen molar-refractivity contribution in [1.29, 1.82) is 0 Å². The Morgan fingerprint density at radius 1 is 1.65 bits per heavy atom. The highest BCUT2D eigenvalue weighted by molar-refractivity contribution is 7.91. The van der Waals surface area contributed by atoms with Gasteiger partial charge in [-0.15, -0.1) is 11.3 Å². The first-order valence-electron chi connectivity index (χ1n) is 5.35. The zero-order valence-corrected chi connectivity index (χ0v) is 11.1. The van der Waals surface area contributed by atoms with Crippen LogP contribution in [0.3, 0.4) is 0 Å². The molecule has 1 fully saturated rings. The zero-order chi connectivity index (χ0) is 12.5. The summed E-state index contributed by atoms with van der Waals surface area (Å²) in [5, 5.41) is 10.6. The number of ether oxygens (including phenoxy) is 1. The summed E-state index contributed by atoms with van der Waals surface area (Å²) in [6.07, 6.45) is 0.598. The number of hydrogen-bond donors (Lipinski definition) is 2. The SMILES string of the molecule is CC1OCCC1NS(=O)(=O)c1cc(CO)cs1. The van der Waals surface area contributed by atoms with Crippen LogP contribution in [-0.4, -0.2) is 32.3 Å². The van der Waals surface area contributed by atoms with Crippen LogP contribution in [-0.2, 0) is 21.4 Å². The van der Waals surface area contributed by atoms with Crippen molar-refractivity contribution < 1.29 is 18.3 Å². The maximum absolute atomic E-state index is 12.0. The molecule has 1 aromatic heterocycles. The summed E-state index contributed by atoms with van der Waals surface area (Å²) in [4.78, 5) is 0. The van der Waals surface area contributed by atoms with Gasteiger partial charge in [-0.05, 0) is 30.4 Å². The molecule has 0 bridgehead atoms. The molecule has 7 heteroatoms. The molecule has 2 atom stereocenters. The van der Waals surface area contributed by atoms with Crippen molar-refractivity contribution >= 4 is 21.4 Å². The van der Waals surface area contributed by atoms with Gasteiger partial charge >= 0.3 is 0 Å². The molecule has 2 rings (SSSR count). The van der Waals surface area contributed by atoms with Crippen LogP contribution in [0, 0.1) is 0 Å². The molecule has 2 heterocycles.